The van der Waals surface area contributed by atoms with E-state index in [0.717, 1.165) is 21.4 Å². The van der Waals surface area contributed by atoms with Crippen LogP contribution in [-0.2, 0) is 25.9 Å². The highest BCUT2D eigenvalue weighted by Gasteiger charge is 2.26. The molecule has 0 radical (unpaired) electrons. The number of rotatable bonds is 10. The van der Waals surface area contributed by atoms with Gasteiger partial charge in [-0.1, -0.05) is 78.9 Å². The number of nitrogens with zero attached hydrogens (tertiary/aromatic N) is 5. The van der Waals surface area contributed by atoms with Gasteiger partial charge in [0.05, 0.1) is 16.8 Å². The average Bonchev–Trinajstić information content (AvgIpc) is 3.46. The fraction of sp³-hybridized carbons (Fsp3) is 0.129. The summed E-state index contributed by atoms with van der Waals surface area (Å²) in [6.45, 7) is 0.194. The van der Waals surface area contributed by atoms with Gasteiger partial charge in [0.1, 0.15) is 5.69 Å². The Balaban J connectivity index is 1.56. The fourth-order valence-electron chi connectivity index (χ4n) is 4.55. The van der Waals surface area contributed by atoms with Gasteiger partial charge < -0.3 is 0 Å². The van der Waals surface area contributed by atoms with Crippen molar-refractivity contribution in [3.63, 3.8) is 0 Å². The number of nitro groups is 1. The molecule has 0 aliphatic carbocycles. The van der Waals surface area contributed by atoms with Gasteiger partial charge in [0.15, 0.2) is 0 Å². The summed E-state index contributed by atoms with van der Waals surface area (Å²) in [5.74, 6) is 0. The molecule has 0 saturated heterocycles. The number of para-hydroxylation sites is 1. The smallest absolute Gasteiger partial charge is 0.287 e. The Labute approximate surface area is 230 Å². The van der Waals surface area contributed by atoms with Crippen molar-refractivity contribution in [2.45, 2.75) is 25.9 Å². The number of benzene rings is 3. The van der Waals surface area contributed by atoms with Crippen molar-refractivity contribution in [1.82, 2.24) is 18.9 Å². The Morgan fingerprint density at radius 3 is 1.88 bits per heavy atom. The summed E-state index contributed by atoms with van der Waals surface area (Å²) in [5.41, 5.74) is 1.24. The third-order valence-electron chi connectivity index (χ3n) is 6.62. The first-order chi connectivity index (χ1) is 19.5. The van der Waals surface area contributed by atoms with Crippen molar-refractivity contribution in [1.29, 1.82) is 0 Å². The summed E-state index contributed by atoms with van der Waals surface area (Å²) >= 11 is 0. The highest BCUT2D eigenvalue weighted by Crippen LogP contribution is 2.18. The highest BCUT2D eigenvalue weighted by atomic mass is 16.6. The Morgan fingerprint density at radius 1 is 0.750 bits per heavy atom. The Bertz CT molecular complexity index is 1760. The van der Waals surface area contributed by atoms with Crippen molar-refractivity contribution in [3.8, 4) is 5.69 Å². The largest absolute Gasteiger partial charge is 0.357 e. The zero-order chi connectivity index (χ0) is 27.9. The molecule has 0 bridgehead atoms. The molecule has 0 unspecified atom stereocenters. The summed E-state index contributed by atoms with van der Waals surface area (Å²) in [5, 5.41) is 16.6. The van der Waals surface area contributed by atoms with Crippen LogP contribution in [0.5, 0.6) is 0 Å². The van der Waals surface area contributed by atoms with E-state index in [0.29, 0.717) is 18.4 Å². The third-order valence-corrected chi connectivity index (χ3v) is 6.62. The molecular weight excluding hydrogens is 506 g/mol. The molecule has 0 fully saturated rings. The zero-order valence-electron chi connectivity index (χ0n) is 21.7. The summed E-state index contributed by atoms with van der Waals surface area (Å²) in [6.07, 6.45) is 7.32. The number of aromatic nitrogens is 4. The van der Waals surface area contributed by atoms with Gasteiger partial charge in [-0.15, -0.1) is 0 Å². The summed E-state index contributed by atoms with van der Waals surface area (Å²) < 4.78 is 3.98. The number of hydrogen-bond acceptors (Lipinski definition) is 5. The van der Waals surface area contributed by atoms with E-state index in [1.807, 2.05) is 91.0 Å². The molecule has 9 nitrogen and oxygen atoms in total. The maximum atomic E-state index is 13.7. The molecule has 0 aliphatic heterocycles. The predicted molar refractivity (Wildman–Crippen MR) is 154 cm³/mol. The summed E-state index contributed by atoms with van der Waals surface area (Å²) in [4.78, 5) is 38.6. The molecule has 3 aromatic carbocycles. The molecule has 2 aromatic heterocycles. The molecular formula is C31H27N5O4. The number of hydrogen-bond donors (Lipinski definition) is 0. The maximum Gasteiger partial charge on any atom is 0.357 e. The molecule has 200 valence electrons. The van der Waals surface area contributed by atoms with Crippen LogP contribution in [0.4, 0.5) is 5.69 Å². The van der Waals surface area contributed by atoms with Gasteiger partial charge in [-0.25, -0.2) is 9.48 Å². The van der Waals surface area contributed by atoms with Crippen LogP contribution in [0, 0.1) is 10.1 Å². The predicted octanol–water partition coefficient (Wildman–Crippen LogP) is 4.76. The quantitative estimate of drug-likeness (QED) is 0.190. The van der Waals surface area contributed by atoms with Crippen LogP contribution in [0.25, 0.3) is 17.8 Å². The van der Waals surface area contributed by atoms with Crippen LogP contribution >= 0.6 is 0 Å². The average molecular weight is 534 g/mol. The molecule has 0 saturated carbocycles. The van der Waals surface area contributed by atoms with Gasteiger partial charge in [0.2, 0.25) is 0 Å². The molecule has 0 aliphatic rings. The van der Waals surface area contributed by atoms with Gasteiger partial charge in [-0.05, 0) is 48.3 Å². The molecule has 40 heavy (non-hydrogen) atoms. The van der Waals surface area contributed by atoms with Crippen LogP contribution in [0.3, 0.4) is 0 Å². The molecule has 0 spiro atoms. The van der Waals surface area contributed by atoms with Crippen molar-refractivity contribution >= 4 is 17.8 Å². The standard InChI is InChI=1S/C31H27N5O4/c37-30-29(36(39)40)28(17-16-26-22-32-35(23-26)27-14-8-3-9-15-27)33(20-18-24-10-4-1-5-11-24)31(38)34(30)21-19-25-12-6-2-7-13-25/h1-17,22-23H,18-21H2/b17-16+. The van der Waals surface area contributed by atoms with Gasteiger partial charge in [0.25, 0.3) is 0 Å². The lowest BCUT2D eigenvalue weighted by atomic mass is 10.1. The van der Waals surface area contributed by atoms with Gasteiger partial charge >= 0.3 is 16.9 Å². The van der Waals surface area contributed by atoms with E-state index in [1.165, 1.54) is 10.6 Å². The van der Waals surface area contributed by atoms with E-state index in [1.54, 1.807) is 23.2 Å². The maximum absolute atomic E-state index is 13.7. The molecule has 9 heteroatoms. The lowest BCUT2D eigenvalue weighted by Gasteiger charge is -2.14. The summed E-state index contributed by atoms with van der Waals surface area (Å²) in [6, 6.07) is 28.4. The SMILES string of the molecule is O=c1c([N+](=O)[O-])c(/C=C/c2cnn(-c3ccccc3)c2)n(CCc2ccccc2)c(=O)n1CCc1ccccc1. The second kappa shape index (κ2) is 12.0. The lowest BCUT2D eigenvalue weighted by Crippen LogP contribution is -2.42. The first-order valence-electron chi connectivity index (χ1n) is 12.9. The Hall–Kier alpha value is -5.31. The topological polar surface area (TPSA) is 105 Å². The minimum Gasteiger partial charge on any atom is -0.287 e. The van der Waals surface area contributed by atoms with E-state index in [4.69, 9.17) is 0 Å². The number of aryl methyl sites for hydroxylation is 2. The monoisotopic (exact) mass is 533 g/mol. The molecule has 5 rings (SSSR count). The summed E-state index contributed by atoms with van der Waals surface area (Å²) in [7, 11) is 0. The van der Waals surface area contributed by atoms with Crippen molar-refractivity contribution in [2.75, 3.05) is 0 Å². The Morgan fingerprint density at radius 2 is 1.30 bits per heavy atom. The Kier molecular flexibility index (Phi) is 7.92. The van der Waals surface area contributed by atoms with Crippen LogP contribution in [0.2, 0.25) is 0 Å². The van der Waals surface area contributed by atoms with Crippen molar-refractivity contribution in [2.24, 2.45) is 0 Å². The molecule has 0 amide bonds. The normalized spacial score (nSPS) is 11.2. The van der Waals surface area contributed by atoms with E-state index < -0.39 is 21.9 Å². The van der Waals surface area contributed by atoms with Crippen LogP contribution in [-0.4, -0.2) is 23.8 Å². The second-order valence-corrected chi connectivity index (χ2v) is 9.24. The first-order valence-corrected chi connectivity index (χ1v) is 12.9. The minimum atomic E-state index is -0.915. The molecule has 0 N–H and O–H groups in total. The molecule has 2 heterocycles. The van der Waals surface area contributed by atoms with Crippen LogP contribution in [0.15, 0.2) is 113 Å². The molecule has 5 aromatic rings. The van der Waals surface area contributed by atoms with E-state index in [2.05, 4.69) is 5.10 Å². The van der Waals surface area contributed by atoms with Gasteiger partial charge in [-0.3, -0.25) is 24.0 Å². The fourth-order valence-corrected chi connectivity index (χ4v) is 4.55. The third kappa shape index (κ3) is 5.88. The van der Waals surface area contributed by atoms with Crippen molar-refractivity contribution in [3.05, 3.63) is 157 Å². The van der Waals surface area contributed by atoms with Gasteiger partial charge in [-0.2, -0.15) is 5.10 Å². The van der Waals surface area contributed by atoms with Crippen molar-refractivity contribution < 1.29 is 4.92 Å². The highest BCUT2D eigenvalue weighted by molar-refractivity contribution is 5.71. The van der Waals surface area contributed by atoms with Crippen LogP contribution in [0.1, 0.15) is 22.4 Å². The molecule has 0 atom stereocenters. The van der Waals surface area contributed by atoms with Crippen LogP contribution < -0.4 is 11.2 Å². The zero-order valence-corrected chi connectivity index (χ0v) is 21.7. The van der Waals surface area contributed by atoms with E-state index in [-0.39, 0.29) is 18.8 Å². The minimum absolute atomic E-state index is 0.0295. The van der Waals surface area contributed by atoms with E-state index >= 15 is 0 Å². The van der Waals surface area contributed by atoms with E-state index in [9.17, 15) is 19.7 Å². The second-order valence-electron chi connectivity index (χ2n) is 9.24. The first kappa shape index (κ1) is 26.3. The lowest BCUT2D eigenvalue weighted by molar-refractivity contribution is -0.387. The van der Waals surface area contributed by atoms with Gasteiger partial charge in [0, 0.05) is 24.8 Å².